The molecule has 112 valence electrons. The lowest BCUT2D eigenvalue weighted by molar-refractivity contribution is -0.132. The van der Waals surface area contributed by atoms with E-state index in [-0.39, 0.29) is 17.6 Å². The van der Waals surface area contributed by atoms with E-state index in [0.717, 1.165) is 6.42 Å². The molecule has 0 aliphatic carbocycles. The van der Waals surface area contributed by atoms with E-state index in [1.54, 1.807) is 24.1 Å². The molecule has 1 rings (SSSR count). The molecular formula is C15H23FN2O2. The number of carbonyl (C=O) groups excluding carboxylic acids is 1. The standard InChI is InChI=1S/C15H23FN2O2/c1-4-11(2)14(17)15(19)18(3)8-9-20-13-7-5-6-12(16)10-13/h5-7,10-11,14H,4,8-9,17H2,1-3H3. The molecule has 0 aliphatic rings. The smallest absolute Gasteiger partial charge is 0.239 e. The third-order valence-electron chi connectivity index (χ3n) is 3.41. The van der Waals surface area contributed by atoms with E-state index < -0.39 is 6.04 Å². The van der Waals surface area contributed by atoms with Crippen LogP contribution in [0.3, 0.4) is 0 Å². The second-order valence-corrected chi connectivity index (χ2v) is 4.98. The van der Waals surface area contributed by atoms with Gasteiger partial charge in [0.1, 0.15) is 18.2 Å². The topological polar surface area (TPSA) is 55.6 Å². The number of halogens is 1. The molecule has 0 bridgehead atoms. The molecule has 5 heteroatoms. The molecular weight excluding hydrogens is 259 g/mol. The largest absolute Gasteiger partial charge is 0.492 e. The highest BCUT2D eigenvalue weighted by Gasteiger charge is 2.22. The number of benzene rings is 1. The van der Waals surface area contributed by atoms with Gasteiger partial charge < -0.3 is 15.4 Å². The summed E-state index contributed by atoms with van der Waals surface area (Å²) in [5, 5.41) is 0. The maximum atomic E-state index is 13.0. The normalized spacial score (nSPS) is 13.7. The Hall–Kier alpha value is -1.62. The predicted octanol–water partition coefficient (Wildman–Crippen LogP) is 2.04. The van der Waals surface area contributed by atoms with Crippen LogP contribution in [0.2, 0.25) is 0 Å². The fourth-order valence-electron chi connectivity index (χ4n) is 1.72. The third-order valence-corrected chi connectivity index (χ3v) is 3.41. The van der Waals surface area contributed by atoms with Gasteiger partial charge in [-0.15, -0.1) is 0 Å². The molecule has 1 aromatic rings. The lowest BCUT2D eigenvalue weighted by Crippen LogP contribution is -2.46. The SMILES string of the molecule is CCC(C)C(N)C(=O)N(C)CCOc1cccc(F)c1. The van der Waals surface area contributed by atoms with Crippen molar-refractivity contribution in [1.29, 1.82) is 0 Å². The zero-order valence-corrected chi connectivity index (χ0v) is 12.3. The summed E-state index contributed by atoms with van der Waals surface area (Å²) in [5.41, 5.74) is 5.89. The van der Waals surface area contributed by atoms with E-state index in [2.05, 4.69) is 0 Å². The van der Waals surface area contributed by atoms with Crippen LogP contribution >= 0.6 is 0 Å². The molecule has 0 radical (unpaired) electrons. The Morgan fingerprint density at radius 3 is 2.80 bits per heavy atom. The number of rotatable bonds is 7. The van der Waals surface area contributed by atoms with Gasteiger partial charge in [-0.1, -0.05) is 26.3 Å². The van der Waals surface area contributed by atoms with Crippen molar-refractivity contribution in [3.8, 4) is 5.75 Å². The summed E-state index contributed by atoms with van der Waals surface area (Å²) in [5.74, 6) is 0.166. The summed E-state index contributed by atoms with van der Waals surface area (Å²) in [6.07, 6.45) is 0.862. The van der Waals surface area contributed by atoms with E-state index in [0.29, 0.717) is 18.9 Å². The number of carbonyl (C=O) groups is 1. The average molecular weight is 282 g/mol. The summed E-state index contributed by atoms with van der Waals surface area (Å²) >= 11 is 0. The molecule has 1 amide bonds. The second kappa shape index (κ2) is 7.85. The van der Waals surface area contributed by atoms with Crippen molar-refractivity contribution in [3.05, 3.63) is 30.1 Å². The molecule has 0 saturated heterocycles. The van der Waals surface area contributed by atoms with Crippen LogP contribution in [0.4, 0.5) is 4.39 Å². The van der Waals surface area contributed by atoms with Crippen LogP contribution in [-0.2, 0) is 4.79 Å². The van der Waals surface area contributed by atoms with Gasteiger partial charge >= 0.3 is 0 Å². The maximum Gasteiger partial charge on any atom is 0.239 e. The van der Waals surface area contributed by atoms with Gasteiger partial charge in [-0.05, 0) is 18.1 Å². The molecule has 0 heterocycles. The van der Waals surface area contributed by atoms with Gasteiger partial charge in [0, 0.05) is 13.1 Å². The van der Waals surface area contributed by atoms with Gasteiger partial charge in [0.15, 0.2) is 0 Å². The Labute approximate surface area is 119 Å². The predicted molar refractivity (Wildman–Crippen MR) is 77.0 cm³/mol. The summed E-state index contributed by atoms with van der Waals surface area (Å²) in [4.78, 5) is 13.6. The highest BCUT2D eigenvalue weighted by molar-refractivity contribution is 5.81. The molecule has 20 heavy (non-hydrogen) atoms. The number of hydrogen-bond acceptors (Lipinski definition) is 3. The summed E-state index contributed by atoms with van der Waals surface area (Å²) in [6.45, 7) is 4.68. The molecule has 2 atom stereocenters. The molecule has 0 spiro atoms. The fourth-order valence-corrected chi connectivity index (χ4v) is 1.72. The Balaban J connectivity index is 2.39. The monoisotopic (exact) mass is 282 g/mol. The van der Waals surface area contributed by atoms with Crippen LogP contribution in [0.5, 0.6) is 5.75 Å². The number of nitrogens with two attached hydrogens (primary N) is 1. The van der Waals surface area contributed by atoms with Gasteiger partial charge in [0.05, 0.1) is 12.6 Å². The third kappa shape index (κ3) is 4.81. The van der Waals surface area contributed by atoms with Crippen LogP contribution < -0.4 is 10.5 Å². The van der Waals surface area contributed by atoms with Gasteiger partial charge in [-0.3, -0.25) is 4.79 Å². The Morgan fingerprint density at radius 2 is 2.20 bits per heavy atom. The summed E-state index contributed by atoms with van der Waals surface area (Å²) < 4.78 is 18.4. The first-order valence-corrected chi connectivity index (χ1v) is 6.84. The van der Waals surface area contributed by atoms with E-state index in [1.165, 1.54) is 12.1 Å². The van der Waals surface area contributed by atoms with E-state index in [4.69, 9.17) is 10.5 Å². The number of nitrogens with zero attached hydrogens (tertiary/aromatic N) is 1. The molecule has 0 aliphatic heterocycles. The molecule has 0 saturated carbocycles. The zero-order chi connectivity index (χ0) is 15.1. The summed E-state index contributed by atoms with van der Waals surface area (Å²) in [7, 11) is 1.69. The fraction of sp³-hybridized carbons (Fsp3) is 0.533. The quantitative estimate of drug-likeness (QED) is 0.832. The lowest BCUT2D eigenvalue weighted by atomic mass is 9.99. The van der Waals surface area contributed by atoms with Crippen molar-refractivity contribution in [2.45, 2.75) is 26.3 Å². The molecule has 2 unspecified atom stereocenters. The van der Waals surface area contributed by atoms with Gasteiger partial charge in [-0.25, -0.2) is 4.39 Å². The van der Waals surface area contributed by atoms with Crippen molar-refractivity contribution in [2.75, 3.05) is 20.2 Å². The van der Waals surface area contributed by atoms with Crippen molar-refractivity contribution in [1.82, 2.24) is 4.90 Å². The average Bonchev–Trinajstić information content (AvgIpc) is 2.44. The minimum Gasteiger partial charge on any atom is -0.492 e. The minimum absolute atomic E-state index is 0.0952. The first kappa shape index (κ1) is 16.4. The molecule has 4 nitrogen and oxygen atoms in total. The van der Waals surface area contributed by atoms with E-state index in [9.17, 15) is 9.18 Å². The van der Waals surface area contributed by atoms with Crippen molar-refractivity contribution in [3.63, 3.8) is 0 Å². The first-order chi connectivity index (χ1) is 9.45. The Morgan fingerprint density at radius 1 is 1.50 bits per heavy atom. The van der Waals surface area contributed by atoms with Crippen molar-refractivity contribution >= 4 is 5.91 Å². The van der Waals surface area contributed by atoms with Crippen molar-refractivity contribution in [2.24, 2.45) is 11.7 Å². The molecule has 1 aromatic carbocycles. The Kier molecular flexibility index (Phi) is 6.45. The van der Waals surface area contributed by atoms with Crippen LogP contribution in [-0.4, -0.2) is 37.0 Å². The Bertz CT molecular complexity index is 440. The molecule has 0 fully saturated rings. The minimum atomic E-state index is -0.487. The number of ether oxygens (including phenoxy) is 1. The van der Waals surface area contributed by atoms with Gasteiger partial charge in [0.25, 0.3) is 0 Å². The van der Waals surface area contributed by atoms with Gasteiger partial charge in [-0.2, -0.15) is 0 Å². The second-order valence-electron chi connectivity index (χ2n) is 4.98. The summed E-state index contributed by atoms with van der Waals surface area (Å²) in [6, 6.07) is 5.44. The molecule has 2 N–H and O–H groups in total. The van der Waals surface area contributed by atoms with Crippen LogP contribution in [0.25, 0.3) is 0 Å². The first-order valence-electron chi connectivity index (χ1n) is 6.84. The highest BCUT2D eigenvalue weighted by Crippen LogP contribution is 2.12. The van der Waals surface area contributed by atoms with Crippen LogP contribution in [0.1, 0.15) is 20.3 Å². The number of amides is 1. The van der Waals surface area contributed by atoms with Crippen LogP contribution in [0, 0.1) is 11.7 Å². The van der Waals surface area contributed by atoms with Crippen LogP contribution in [0.15, 0.2) is 24.3 Å². The zero-order valence-electron chi connectivity index (χ0n) is 12.3. The number of likely N-dealkylation sites (N-methyl/N-ethyl adjacent to an activating group) is 1. The molecule has 0 aromatic heterocycles. The lowest BCUT2D eigenvalue weighted by Gasteiger charge is -2.24. The highest BCUT2D eigenvalue weighted by atomic mass is 19.1. The van der Waals surface area contributed by atoms with Crippen molar-refractivity contribution < 1.29 is 13.9 Å². The maximum absolute atomic E-state index is 13.0. The van der Waals surface area contributed by atoms with Gasteiger partial charge in [0.2, 0.25) is 5.91 Å². The number of hydrogen-bond donors (Lipinski definition) is 1. The van der Waals surface area contributed by atoms with E-state index in [1.807, 2.05) is 13.8 Å². The van der Waals surface area contributed by atoms with E-state index >= 15 is 0 Å².